The number of nitrogens with zero attached hydrogens (tertiary/aromatic N) is 6. The Bertz CT molecular complexity index is 914. The molecular formula is C18H24N6O. The zero-order valence-corrected chi connectivity index (χ0v) is 15.2. The van der Waals surface area contributed by atoms with Gasteiger partial charge in [0.2, 0.25) is 5.78 Å². The molecule has 4 heterocycles. The highest BCUT2D eigenvalue weighted by molar-refractivity contribution is 5.35. The summed E-state index contributed by atoms with van der Waals surface area (Å²) in [6.07, 6.45) is 5.87. The second-order valence-electron chi connectivity index (χ2n) is 7.12. The molecule has 0 N–H and O–H groups in total. The van der Waals surface area contributed by atoms with Crippen LogP contribution in [-0.4, -0.2) is 48.7 Å². The summed E-state index contributed by atoms with van der Waals surface area (Å²) in [7, 11) is 1.93. The first kappa shape index (κ1) is 16.2. The van der Waals surface area contributed by atoms with Crippen molar-refractivity contribution in [3.8, 4) is 0 Å². The number of imidazole rings is 1. The lowest BCUT2D eigenvalue weighted by atomic mass is 9.97. The number of hydrogen-bond donors (Lipinski definition) is 0. The first-order valence-corrected chi connectivity index (χ1v) is 8.61. The SMILES string of the molecule is Cc1cc(C)n2c(CN3CCO[C@@](C)(c4cnn(C)c4)C3)cnc2n1. The van der Waals surface area contributed by atoms with Crippen molar-refractivity contribution < 1.29 is 4.74 Å². The van der Waals surface area contributed by atoms with Crippen molar-refractivity contribution in [1.82, 2.24) is 29.0 Å². The van der Waals surface area contributed by atoms with E-state index in [1.807, 2.05) is 37.2 Å². The fourth-order valence-electron chi connectivity index (χ4n) is 3.69. The van der Waals surface area contributed by atoms with Crippen LogP contribution in [-0.2, 0) is 23.9 Å². The molecule has 0 aliphatic carbocycles. The van der Waals surface area contributed by atoms with E-state index in [1.165, 1.54) is 5.69 Å². The lowest BCUT2D eigenvalue weighted by Crippen LogP contribution is -2.47. The summed E-state index contributed by atoms with van der Waals surface area (Å²) in [4.78, 5) is 11.4. The average Bonchev–Trinajstić information content (AvgIpc) is 3.14. The van der Waals surface area contributed by atoms with Gasteiger partial charge < -0.3 is 4.74 Å². The second-order valence-corrected chi connectivity index (χ2v) is 7.12. The van der Waals surface area contributed by atoms with Crippen LogP contribution in [0.25, 0.3) is 5.78 Å². The van der Waals surface area contributed by atoms with Crippen LogP contribution in [0.3, 0.4) is 0 Å². The van der Waals surface area contributed by atoms with E-state index in [2.05, 4.69) is 44.3 Å². The predicted octanol–water partition coefficient (Wildman–Crippen LogP) is 1.83. The number of aromatic nitrogens is 5. The molecule has 132 valence electrons. The average molecular weight is 340 g/mol. The fourth-order valence-corrected chi connectivity index (χ4v) is 3.69. The van der Waals surface area contributed by atoms with Crippen molar-refractivity contribution in [2.24, 2.45) is 7.05 Å². The van der Waals surface area contributed by atoms with Crippen molar-refractivity contribution in [3.05, 3.63) is 47.3 Å². The summed E-state index contributed by atoms with van der Waals surface area (Å²) in [5.74, 6) is 0.774. The Morgan fingerprint density at radius 2 is 2.12 bits per heavy atom. The van der Waals surface area contributed by atoms with E-state index in [0.717, 1.165) is 42.4 Å². The minimum absolute atomic E-state index is 0.336. The van der Waals surface area contributed by atoms with Gasteiger partial charge in [0, 0.05) is 49.8 Å². The maximum atomic E-state index is 6.11. The molecule has 25 heavy (non-hydrogen) atoms. The highest BCUT2D eigenvalue weighted by Crippen LogP contribution is 2.29. The lowest BCUT2D eigenvalue weighted by molar-refractivity contribution is -0.105. The highest BCUT2D eigenvalue weighted by atomic mass is 16.5. The molecule has 0 aromatic carbocycles. The molecular weight excluding hydrogens is 316 g/mol. The molecule has 0 unspecified atom stereocenters. The van der Waals surface area contributed by atoms with Crippen molar-refractivity contribution in [1.29, 1.82) is 0 Å². The number of morpholine rings is 1. The topological polar surface area (TPSA) is 60.5 Å². The molecule has 1 aliphatic rings. The minimum atomic E-state index is -0.336. The fraction of sp³-hybridized carbons (Fsp3) is 0.500. The minimum Gasteiger partial charge on any atom is -0.368 e. The Morgan fingerprint density at radius 3 is 2.88 bits per heavy atom. The molecule has 1 saturated heterocycles. The van der Waals surface area contributed by atoms with Gasteiger partial charge in [0.1, 0.15) is 5.60 Å². The van der Waals surface area contributed by atoms with Gasteiger partial charge in [0.25, 0.3) is 0 Å². The molecule has 0 amide bonds. The van der Waals surface area contributed by atoms with Crippen LogP contribution in [0.1, 0.15) is 29.6 Å². The third kappa shape index (κ3) is 2.94. The monoisotopic (exact) mass is 340 g/mol. The largest absolute Gasteiger partial charge is 0.368 e. The zero-order chi connectivity index (χ0) is 17.6. The first-order chi connectivity index (χ1) is 11.9. The Kier molecular flexibility index (Phi) is 3.85. The molecule has 7 nitrogen and oxygen atoms in total. The van der Waals surface area contributed by atoms with E-state index in [1.54, 1.807) is 0 Å². The van der Waals surface area contributed by atoms with Gasteiger partial charge in [-0.25, -0.2) is 9.97 Å². The molecule has 0 saturated carbocycles. The Labute approximate surface area is 147 Å². The van der Waals surface area contributed by atoms with Crippen LogP contribution in [0.4, 0.5) is 0 Å². The van der Waals surface area contributed by atoms with Crippen LogP contribution < -0.4 is 0 Å². The number of ether oxygens (including phenoxy) is 1. The molecule has 0 spiro atoms. The molecule has 3 aromatic rings. The van der Waals surface area contributed by atoms with E-state index < -0.39 is 0 Å². The van der Waals surface area contributed by atoms with Crippen LogP contribution in [0.2, 0.25) is 0 Å². The van der Waals surface area contributed by atoms with Crippen LogP contribution >= 0.6 is 0 Å². The van der Waals surface area contributed by atoms with Crippen molar-refractivity contribution >= 4 is 5.78 Å². The van der Waals surface area contributed by atoms with E-state index >= 15 is 0 Å². The number of aryl methyl sites for hydroxylation is 3. The quantitative estimate of drug-likeness (QED) is 0.728. The van der Waals surface area contributed by atoms with Crippen molar-refractivity contribution in [2.45, 2.75) is 32.9 Å². The van der Waals surface area contributed by atoms with Crippen molar-refractivity contribution in [3.63, 3.8) is 0 Å². The van der Waals surface area contributed by atoms with Gasteiger partial charge in [-0.15, -0.1) is 0 Å². The summed E-state index contributed by atoms with van der Waals surface area (Å²) < 4.78 is 10.1. The maximum absolute atomic E-state index is 6.11. The molecule has 3 aromatic heterocycles. The summed E-state index contributed by atoms with van der Waals surface area (Å²) in [5.41, 5.74) is 4.11. The molecule has 1 fully saturated rings. The van der Waals surface area contributed by atoms with Gasteiger partial charge in [-0.05, 0) is 26.8 Å². The predicted molar refractivity (Wildman–Crippen MR) is 94.3 cm³/mol. The van der Waals surface area contributed by atoms with Crippen LogP contribution in [0.5, 0.6) is 0 Å². The highest BCUT2D eigenvalue weighted by Gasteiger charge is 2.35. The van der Waals surface area contributed by atoms with E-state index in [0.29, 0.717) is 6.61 Å². The molecule has 0 bridgehead atoms. The zero-order valence-electron chi connectivity index (χ0n) is 15.2. The molecule has 0 radical (unpaired) electrons. The second kappa shape index (κ2) is 5.93. The summed E-state index contributed by atoms with van der Waals surface area (Å²) in [6, 6.07) is 2.09. The van der Waals surface area contributed by atoms with Gasteiger partial charge in [0.05, 0.1) is 24.7 Å². The first-order valence-electron chi connectivity index (χ1n) is 8.61. The maximum Gasteiger partial charge on any atom is 0.234 e. The normalized spacial score (nSPS) is 21.9. The molecule has 1 aliphatic heterocycles. The summed E-state index contributed by atoms with van der Waals surface area (Å²) in [6.45, 7) is 9.51. The van der Waals surface area contributed by atoms with Gasteiger partial charge in [0.15, 0.2) is 0 Å². The van der Waals surface area contributed by atoms with E-state index in [9.17, 15) is 0 Å². The third-order valence-electron chi connectivity index (χ3n) is 4.92. The Balaban J connectivity index is 1.59. The lowest BCUT2D eigenvalue weighted by Gasteiger charge is -2.40. The van der Waals surface area contributed by atoms with Crippen molar-refractivity contribution in [2.75, 3.05) is 19.7 Å². The smallest absolute Gasteiger partial charge is 0.234 e. The van der Waals surface area contributed by atoms with Crippen LogP contribution in [0.15, 0.2) is 24.7 Å². The number of hydrogen-bond acceptors (Lipinski definition) is 5. The summed E-state index contributed by atoms with van der Waals surface area (Å²) >= 11 is 0. The van der Waals surface area contributed by atoms with Gasteiger partial charge >= 0.3 is 0 Å². The molecule has 1 atom stereocenters. The van der Waals surface area contributed by atoms with E-state index in [-0.39, 0.29) is 5.60 Å². The Hall–Kier alpha value is -2.25. The number of rotatable bonds is 3. The van der Waals surface area contributed by atoms with Gasteiger partial charge in [-0.1, -0.05) is 0 Å². The molecule has 4 rings (SSSR count). The van der Waals surface area contributed by atoms with Gasteiger partial charge in [-0.3, -0.25) is 14.0 Å². The van der Waals surface area contributed by atoms with Gasteiger partial charge in [-0.2, -0.15) is 5.10 Å². The standard InChI is InChI=1S/C18H24N6O/c1-13-7-14(2)24-16(9-19-17(24)21-13)11-23-5-6-25-18(3,12-23)15-8-20-22(4)10-15/h7-10H,5-6,11-12H2,1-4H3/t18-/m1/s1. The van der Waals surface area contributed by atoms with Crippen LogP contribution in [0, 0.1) is 13.8 Å². The molecule has 7 heteroatoms. The Morgan fingerprint density at radius 1 is 1.28 bits per heavy atom. The van der Waals surface area contributed by atoms with E-state index in [4.69, 9.17) is 4.74 Å². The third-order valence-corrected chi connectivity index (χ3v) is 4.92. The summed E-state index contributed by atoms with van der Waals surface area (Å²) in [5, 5.41) is 4.29. The number of fused-ring (bicyclic) bond motifs is 1.